The zero-order chi connectivity index (χ0) is 37.1. The maximum Gasteiger partial charge on any atom is 0.494 e. The molecule has 0 spiro atoms. The highest BCUT2D eigenvalue weighted by atomic mass is 28.3. The van der Waals surface area contributed by atoms with Crippen LogP contribution in [0.2, 0.25) is 51.4 Å². The summed E-state index contributed by atoms with van der Waals surface area (Å²) in [4.78, 5) is 16.4. The molecule has 0 radical (unpaired) electrons. The Hall–Kier alpha value is -2.09. The molecule has 2 atom stereocenters. The molecule has 1 fully saturated rings. The van der Waals surface area contributed by atoms with E-state index in [1.54, 1.807) is 0 Å². The fraction of sp³-hybridized carbons (Fsp3) is 0.684. The Morgan fingerprint density at radius 3 is 2.08 bits per heavy atom. The summed E-state index contributed by atoms with van der Waals surface area (Å²) in [5.41, 5.74) is 0.595. The van der Waals surface area contributed by atoms with Gasteiger partial charge in [-0.2, -0.15) is 5.10 Å². The Labute approximate surface area is 302 Å². The molecule has 2 unspecified atom stereocenters. The van der Waals surface area contributed by atoms with Gasteiger partial charge in [-0.1, -0.05) is 84.3 Å². The largest absolute Gasteiger partial charge is 0.494 e. The standard InChI is InChI=1S/C38H61BFN3O5Si2/c1-14-38(27-16-15-17-28(22-27)39-47-36(4,5)37(6,7)48-39)29-24-42(25-45-18-20-49(8,9)10)41-34(29)43(26-46-19-21-50(11,12)13)32-31(38)30(44)23-35(2,3)33(32)40/h15-17,22,24,33H,14,18-21,23,25-26H2,1-13H3. The van der Waals surface area contributed by atoms with Crippen molar-refractivity contribution in [3.63, 3.8) is 0 Å². The molecule has 1 saturated heterocycles. The van der Waals surface area contributed by atoms with Crippen molar-refractivity contribution in [1.29, 1.82) is 0 Å². The summed E-state index contributed by atoms with van der Waals surface area (Å²) in [6.45, 7) is 29.4. The number of hydrogen-bond donors (Lipinski definition) is 0. The van der Waals surface area contributed by atoms with E-state index in [2.05, 4.69) is 58.3 Å². The maximum atomic E-state index is 17.2. The van der Waals surface area contributed by atoms with Crippen molar-refractivity contribution in [2.24, 2.45) is 5.41 Å². The predicted molar refractivity (Wildman–Crippen MR) is 206 cm³/mol. The number of halogens is 1. The van der Waals surface area contributed by atoms with Crippen LogP contribution < -0.4 is 10.4 Å². The van der Waals surface area contributed by atoms with E-state index in [4.69, 9.17) is 23.9 Å². The predicted octanol–water partition coefficient (Wildman–Crippen LogP) is 7.91. The summed E-state index contributed by atoms with van der Waals surface area (Å²) < 4.78 is 44.4. The van der Waals surface area contributed by atoms with Crippen molar-refractivity contribution in [2.75, 3.05) is 24.8 Å². The van der Waals surface area contributed by atoms with Gasteiger partial charge < -0.3 is 23.7 Å². The van der Waals surface area contributed by atoms with E-state index in [1.165, 1.54) is 0 Å². The minimum Gasteiger partial charge on any atom is -0.399 e. The molecule has 1 aromatic carbocycles. The highest BCUT2D eigenvalue weighted by Gasteiger charge is 2.57. The molecular formula is C38H61BFN3O5Si2. The number of aromatic nitrogens is 2. The van der Waals surface area contributed by atoms with E-state index in [-0.39, 0.29) is 25.7 Å². The maximum absolute atomic E-state index is 17.2. The number of allylic oxidation sites excluding steroid dienone is 2. The summed E-state index contributed by atoms with van der Waals surface area (Å²) in [5.74, 6) is 0.570. The summed E-state index contributed by atoms with van der Waals surface area (Å²) in [5, 5.41) is 5.09. The van der Waals surface area contributed by atoms with Crippen molar-refractivity contribution in [2.45, 2.75) is 142 Å². The molecule has 1 aliphatic carbocycles. The molecule has 0 saturated carbocycles. The smallest absolute Gasteiger partial charge is 0.399 e. The Bertz CT molecular complexity index is 1600. The third-order valence-electron chi connectivity index (χ3n) is 11.1. The lowest BCUT2D eigenvalue weighted by Crippen LogP contribution is -2.52. The van der Waals surface area contributed by atoms with E-state index in [9.17, 15) is 4.79 Å². The molecule has 276 valence electrons. The van der Waals surface area contributed by atoms with Crippen molar-refractivity contribution in [3.8, 4) is 0 Å². The molecule has 0 amide bonds. The van der Waals surface area contributed by atoms with Crippen LogP contribution in [0.3, 0.4) is 0 Å². The number of nitrogens with zero attached hydrogens (tertiary/aromatic N) is 3. The van der Waals surface area contributed by atoms with Crippen LogP contribution in [0.5, 0.6) is 0 Å². The van der Waals surface area contributed by atoms with Gasteiger partial charge in [0.2, 0.25) is 0 Å². The molecule has 3 heterocycles. The lowest BCUT2D eigenvalue weighted by Gasteiger charge is -2.49. The number of Topliss-reactive ketones (excluding diaryl/α,β-unsaturated/α-hetero) is 1. The minimum atomic E-state index is -1.40. The van der Waals surface area contributed by atoms with Crippen LogP contribution in [0.25, 0.3) is 0 Å². The van der Waals surface area contributed by atoms with Gasteiger partial charge in [-0.15, -0.1) is 0 Å². The third-order valence-corrected chi connectivity index (χ3v) is 14.5. The fourth-order valence-corrected chi connectivity index (χ4v) is 8.70. The van der Waals surface area contributed by atoms with Gasteiger partial charge in [0, 0.05) is 58.5 Å². The van der Waals surface area contributed by atoms with Gasteiger partial charge in [-0.3, -0.25) is 4.79 Å². The summed E-state index contributed by atoms with van der Waals surface area (Å²) in [7, 11) is -3.24. The highest BCUT2D eigenvalue weighted by molar-refractivity contribution is 6.76. The topological polar surface area (TPSA) is 75.0 Å². The first kappa shape index (κ1) is 39.1. The second kappa shape index (κ2) is 13.7. The molecule has 0 bridgehead atoms. The second-order valence-corrected chi connectivity index (χ2v) is 30.0. The number of carbonyl (C=O) groups excluding carboxylic acids is 1. The normalized spacial score (nSPS) is 24.5. The van der Waals surface area contributed by atoms with Gasteiger partial charge in [0.05, 0.1) is 22.3 Å². The van der Waals surface area contributed by atoms with Crippen molar-refractivity contribution < 1.29 is 28.0 Å². The van der Waals surface area contributed by atoms with E-state index >= 15 is 4.39 Å². The number of rotatable bonds is 13. The highest BCUT2D eigenvalue weighted by Crippen LogP contribution is 2.56. The third kappa shape index (κ3) is 7.53. The number of ketones is 1. The zero-order valence-electron chi connectivity index (χ0n) is 33.0. The number of carbonyl (C=O) groups is 1. The van der Waals surface area contributed by atoms with Crippen LogP contribution >= 0.6 is 0 Å². The first-order valence-electron chi connectivity index (χ1n) is 18.4. The molecule has 3 aliphatic rings. The average molecular weight is 726 g/mol. The number of hydrogen-bond acceptors (Lipinski definition) is 7. The molecule has 1 aromatic heterocycles. The summed E-state index contributed by atoms with van der Waals surface area (Å²) in [6.07, 6.45) is 1.24. The second-order valence-electron chi connectivity index (χ2n) is 18.7. The summed E-state index contributed by atoms with van der Waals surface area (Å²) >= 11 is 0. The van der Waals surface area contributed by atoms with Gasteiger partial charge in [-0.25, -0.2) is 9.07 Å². The zero-order valence-corrected chi connectivity index (χ0v) is 35.0. The van der Waals surface area contributed by atoms with Gasteiger partial charge in [0.15, 0.2) is 11.6 Å². The SMILES string of the molecule is CCC1(c2cccc(B3OC(C)(C)C(C)(C)O3)c2)C2=C(C(F)C(C)(C)CC2=O)N(COCC[Si](C)(C)C)c2nn(COCC[Si](C)(C)C)cc21. The Morgan fingerprint density at radius 2 is 1.52 bits per heavy atom. The van der Waals surface area contributed by atoms with Crippen LogP contribution in [0, 0.1) is 5.41 Å². The Kier molecular flexibility index (Phi) is 10.7. The van der Waals surface area contributed by atoms with Gasteiger partial charge >= 0.3 is 7.12 Å². The molecule has 5 rings (SSSR count). The first-order chi connectivity index (χ1) is 23.0. The molecule has 0 N–H and O–H groups in total. The molecule has 50 heavy (non-hydrogen) atoms. The van der Waals surface area contributed by atoms with Gasteiger partial charge in [-0.05, 0) is 57.2 Å². The average Bonchev–Trinajstić information content (AvgIpc) is 3.51. The van der Waals surface area contributed by atoms with E-state index in [0.717, 1.165) is 28.7 Å². The molecule has 12 heteroatoms. The lowest BCUT2D eigenvalue weighted by atomic mass is 9.58. The fourth-order valence-electron chi connectivity index (χ4n) is 7.19. The lowest BCUT2D eigenvalue weighted by molar-refractivity contribution is -0.120. The quantitative estimate of drug-likeness (QED) is 0.154. The van der Waals surface area contributed by atoms with Gasteiger partial charge in [0.1, 0.15) is 19.6 Å². The van der Waals surface area contributed by atoms with Crippen LogP contribution in [-0.2, 0) is 35.7 Å². The molecular weight excluding hydrogens is 664 g/mol. The van der Waals surface area contributed by atoms with Crippen LogP contribution in [0.15, 0.2) is 41.7 Å². The van der Waals surface area contributed by atoms with Gasteiger partial charge in [0.25, 0.3) is 0 Å². The van der Waals surface area contributed by atoms with Crippen molar-refractivity contribution in [1.82, 2.24) is 9.78 Å². The summed E-state index contributed by atoms with van der Waals surface area (Å²) in [6, 6.07) is 10.2. The first-order valence-corrected chi connectivity index (χ1v) is 25.8. The molecule has 2 aromatic rings. The number of ether oxygens (including phenoxy) is 2. The van der Waals surface area contributed by atoms with Crippen LogP contribution in [0.1, 0.15) is 72.4 Å². The van der Waals surface area contributed by atoms with E-state index in [0.29, 0.717) is 36.7 Å². The number of alkyl halides is 1. The van der Waals surface area contributed by atoms with Crippen molar-refractivity contribution in [3.05, 3.63) is 52.9 Å². The van der Waals surface area contributed by atoms with Crippen LogP contribution in [0.4, 0.5) is 10.2 Å². The number of fused-ring (bicyclic) bond motifs is 1. The van der Waals surface area contributed by atoms with Crippen molar-refractivity contribution >= 4 is 40.3 Å². The number of benzene rings is 1. The minimum absolute atomic E-state index is 0.0429. The van der Waals surface area contributed by atoms with E-state index < -0.39 is 51.5 Å². The molecule has 2 aliphatic heterocycles. The Balaban J connectivity index is 1.67. The molecule has 8 nitrogen and oxygen atoms in total. The monoisotopic (exact) mass is 725 g/mol. The van der Waals surface area contributed by atoms with Crippen LogP contribution in [-0.4, -0.2) is 76.1 Å². The van der Waals surface area contributed by atoms with E-state index in [1.807, 2.05) is 69.5 Å². The number of anilines is 1. The Morgan fingerprint density at radius 1 is 0.940 bits per heavy atom.